The Balaban J connectivity index is 1.44. The van der Waals surface area contributed by atoms with Gasteiger partial charge in [0, 0.05) is 58.2 Å². The monoisotopic (exact) mass is 392 g/mol. The second-order valence-electron chi connectivity index (χ2n) is 7.30. The lowest BCUT2D eigenvalue weighted by molar-refractivity contribution is -0.144. The van der Waals surface area contributed by atoms with Gasteiger partial charge in [-0.2, -0.15) is 0 Å². The Labute approximate surface area is 172 Å². The van der Waals surface area contributed by atoms with Crippen LogP contribution in [0.2, 0.25) is 0 Å². The van der Waals surface area contributed by atoms with E-state index in [0.717, 1.165) is 25.3 Å². The van der Waals surface area contributed by atoms with Gasteiger partial charge in [-0.15, -0.1) is 0 Å². The highest BCUT2D eigenvalue weighted by Gasteiger charge is 2.25. The fourth-order valence-electron chi connectivity index (χ4n) is 3.21. The van der Waals surface area contributed by atoms with Crippen molar-refractivity contribution in [3.8, 4) is 0 Å². The van der Waals surface area contributed by atoms with Gasteiger partial charge in [-0.1, -0.05) is 42.5 Å². The Morgan fingerprint density at radius 1 is 0.966 bits per heavy atom. The van der Waals surface area contributed by atoms with E-state index in [1.807, 2.05) is 49.3 Å². The molecule has 2 aromatic rings. The summed E-state index contributed by atoms with van der Waals surface area (Å²) in [5.41, 5.74) is 2.84. The minimum atomic E-state index is -0.583. The summed E-state index contributed by atoms with van der Waals surface area (Å²) in [5.74, 6) is -1.05. The molecule has 2 aromatic carbocycles. The molecule has 0 saturated carbocycles. The molecule has 1 saturated heterocycles. The summed E-state index contributed by atoms with van der Waals surface area (Å²) in [7, 11) is 3.91. The van der Waals surface area contributed by atoms with Crippen molar-refractivity contribution < 1.29 is 9.59 Å². The molecule has 1 aliphatic heterocycles. The van der Waals surface area contributed by atoms with Gasteiger partial charge in [-0.05, 0) is 29.8 Å². The fourth-order valence-corrected chi connectivity index (χ4v) is 3.21. The molecule has 0 aliphatic carbocycles. The minimum absolute atomic E-state index is 0.471. The summed E-state index contributed by atoms with van der Waals surface area (Å²) < 4.78 is 0. The molecular formula is C23H28N4O2. The molecule has 6 heteroatoms. The van der Waals surface area contributed by atoms with Gasteiger partial charge in [0.15, 0.2) is 0 Å². The Kier molecular flexibility index (Phi) is 7.03. The van der Waals surface area contributed by atoms with Crippen LogP contribution in [0.1, 0.15) is 5.56 Å². The van der Waals surface area contributed by atoms with Crippen LogP contribution in [-0.4, -0.2) is 68.4 Å². The van der Waals surface area contributed by atoms with Gasteiger partial charge in [0.1, 0.15) is 0 Å². The molecule has 152 valence electrons. The van der Waals surface area contributed by atoms with Gasteiger partial charge in [0.05, 0.1) is 0 Å². The highest BCUT2D eigenvalue weighted by atomic mass is 16.2. The van der Waals surface area contributed by atoms with E-state index in [9.17, 15) is 9.59 Å². The maximum absolute atomic E-state index is 12.5. The van der Waals surface area contributed by atoms with E-state index < -0.39 is 11.8 Å². The Morgan fingerprint density at radius 3 is 2.24 bits per heavy atom. The standard InChI is InChI=1S/C23H28N4O2/c1-25(2)21-12-10-20(11-13-21)24-22(28)23(29)27-17-15-26(16-18-27)14-6-9-19-7-4-3-5-8-19/h3-13H,14-18H2,1-2H3,(H,24,28)/b9-6+. The summed E-state index contributed by atoms with van der Waals surface area (Å²) in [6.07, 6.45) is 4.24. The summed E-state index contributed by atoms with van der Waals surface area (Å²) in [6.45, 7) is 3.47. The lowest BCUT2D eigenvalue weighted by atomic mass is 10.2. The second kappa shape index (κ2) is 9.89. The van der Waals surface area contributed by atoms with Crippen LogP contribution in [0.25, 0.3) is 6.08 Å². The summed E-state index contributed by atoms with van der Waals surface area (Å²) in [4.78, 5) is 30.6. The van der Waals surface area contributed by atoms with Crippen molar-refractivity contribution in [3.05, 3.63) is 66.2 Å². The maximum Gasteiger partial charge on any atom is 0.313 e. The molecule has 6 nitrogen and oxygen atoms in total. The molecule has 0 spiro atoms. The number of nitrogens with one attached hydrogen (secondary N) is 1. The first kappa shape index (κ1) is 20.6. The minimum Gasteiger partial charge on any atom is -0.378 e. The number of hydrogen-bond donors (Lipinski definition) is 1. The van der Waals surface area contributed by atoms with Crippen LogP contribution in [0.15, 0.2) is 60.7 Å². The topological polar surface area (TPSA) is 55.9 Å². The first-order valence-electron chi connectivity index (χ1n) is 9.84. The van der Waals surface area contributed by atoms with E-state index in [0.29, 0.717) is 18.8 Å². The molecule has 0 bridgehead atoms. The Morgan fingerprint density at radius 2 is 1.62 bits per heavy atom. The zero-order chi connectivity index (χ0) is 20.6. The van der Waals surface area contributed by atoms with Crippen molar-refractivity contribution in [1.29, 1.82) is 0 Å². The van der Waals surface area contributed by atoms with E-state index in [2.05, 4.69) is 34.5 Å². The molecule has 1 aliphatic rings. The van der Waals surface area contributed by atoms with Crippen molar-refractivity contribution in [2.24, 2.45) is 0 Å². The third-order valence-corrected chi connectivity index (χ3v) is 4.97. The first-order chi connectivity index (χ1) is 14.0. The average molecular weight is 393 g/mol. The van der Waals surface area contributed by atoms with Crippen molar-refractivity contribution >= 4 is 29.3 Å². The van der Waals surface area contributed by atoms with E-state index in [4.69, 9.17) is 0 Å². The van der Waals surface area contributed by atoms with Gasteiger partial charge < -0.3 is 15.1 Å². The van der Waals surface area contributed by atoms with Crippen LogP contribution < -0.4 is 10.2 Å². The van der Waals surface area contributed by atoms with Crippen LogP contribution in [0.5, 0.6) is 0 Å². The lowest BCUT2D eigenvalue weighted by Gasteiger charge is -2.33. The van der Waals surface area contributed by atoms with Crippen molar-refractivity contribution in [1.82, 2.24) is 9.80 Å². The van der Waals surface area contributed by atoms with Gasteiger partial charge in [-0.25, -0.2) is 0 Å². The number of rotatable bonds is 5. The molecule has 3 rings (SSSR count). The number of anilines is 2. The van der Waals surface area contributed by atoms with Crippen LogP contribution in [0, 0.1) is 0 Å². The van der Waals surface area contributed by atoms with E-state index >= 15 is 0 Å². The molecule has 0 atom stereocenters. The van der Waals surface area contributed by atoms with Crippen molar-refractivity contribution in [2.45, 2.75) is 0 Å². The fraction of sp³-hybridized carbons (Fsp3) is 0.304. The number of carbonyl (C=O) groups is 2. The largest absolute Gasteiger partial charge is 0.378 e. The lowest BCUT2D eigenvalue weighted by Crippen LogP contribution is -2.51. The molecule has 1 fully saturated rings. The average Bonchev–Trinajstić information content (AvgIpc) is 2.75. The number of hydrogen-bond acceptors (Lipinski definition) is 4. The molecule has 29 heavy (non-hydrogen) atoms. The molecule has 1 heterocycles. The van der Waals surface area contributed by atoms with Gasteiger partial charge in [0.25, 0.3) is 0 Å². The molecule has 0 aromatic heterocycles. The molecule has 2 amide bonds. The van der Waals surface area contributed by atoms with E-state index in [-0.39, 0.29) is 0 Å². The van der Waals surface area contributed by atoms with Crippen molar-refractivity contribution in [2.75, 3.05) is 57.0 Å². The Hall–Kier alpha value is -3.12. The van der Waals surface area contributed by atoms with Crippen LogP contribution in [0.3, 0.4) is 0 Å². The quantitative estimate of drug-likeness (QED) is 0.795. The molecule has 1 N–H and O–H groups in total. The number of piperazine rings is 1. The second-order valence-corrected chi connectivity index (χ2v) is 7.30. The number of benzene rings is 2. The van der Waals surface area contributed by atoms with E-state index in [1.165, 1.54) is 5.56 Å². The maximum atomic E-state index is 12.5. The number of amides is 2. The van der Waals surface area contributed by atoms with E-state index in [1.54, 1.807) is 17.0 Å². The zero-order valence-electron chi connectivity index (χ0n) is 17.0. The molecule has 0 unspecified atom stereocenters. The SMILES string of the molecule is CN(C)c1ccc(NC(=O)C(=O)N2CCN(C/C=C/c3ccccc3)CC2)cc1. The zero-order valence-corrected chi connectivity index (χ0v) is 17.0. The third-order valence-electron chi connectivity index (χ3n) is 4.97. The normalized spacial score (nSPS) is 14.8. The molecule has 0 radical (unpaired) electrons. The van der Waals surface area contributed by atoms with Crippen LogP contribution in [0.4, 0.5) is 11.4 Å². The third kappa shape index (κ3) is 5.93. The predicted molar refractivity (Wildman–Crippen MR) is 118 cm³/mol. The summed E-state index contributed by atoms with van der Waals surface area (Å²) >= 11 is 0. The number of carbonyl (C=O) groups excluding carboxylic acids is 2. The predicted octanol–water partition coefficient (Wildman–Crippen LogP) is 2.55. The van der Waals surface area contributed by atoms with Crippen LogP contribution in [-0.2, 0) is 9.59 Å². The summed E-state index contributed by atoms with van der Waals surface area (Å²) in [5, 5.41) is 2.70. The highest BCUT2D eigenvalue weighted by molar-refractivity contribution is 6.39. The highest BCUT2D eigenvalue weighted by Crippen LogP contribution is 2.16. The van der Waals surface area contributed by atoms with Gasteiger partial charge in [0.2, 0.25) is 0 Å². The smallest absolute Gasteiger partial charge is 0.313 e. The van der Waals surface area contributed by atoms with Crippen molar-refractivity contribution in [3.63, 3.8) is 0 Å². The van der Waals surface area contributed by atoms with Gasteiger partial charge in [-0.3, -0.25) is 14.5 Å². The number of nitrogens with zero attached hydrogens (tertiary/aromatic N) is 3. The summed E-state index contributed by atoms with van der Waals surface area (Å²) in [6, 6.07) is 17.6. The first-order valence-corrected chi connectivity index (χ1v) is 9.84. The van der Waals surface area contributed by atoms with Gasteiger partial charge >= 0.3 is 11.8 Å². The Bertz CT molecular complexity index is 839. The van der Waals surface area contributed by atoms with Crippen LogP contribution >= 0.6 is 0 Å². The molecular weight excluding hydrogens is 364 g/mol.